The van der Waals surface area contributed by atoms with Crippen LogP contribution in [0.5, 0.6) is 0 Å². The van der Waals surface area contributed by atoms with Crippen LogP contribution in [0.25, 0.3) is 0 Å². The highest BCUT2D eigenvalue weighted by atomic mass is 79.9. The Morgan fingerprint density at radius 1 is 1.77 bits per heavy atom. The fourth-order valence-corrected chi connectivity index (χ4v) is 3.56. The van der Waals surface area contributed by atoms with Gasteiger partial charge in [-0.05, 0) is 41.1 Å². The van der Waals surface area contributed by atoms with Crippen LogP contribution in [0.2, 0.25) is 0 Å². The Bertz CT molecular complexity index is 323. The highest BCUT2D eigenvalue weighted by molar-refractivity contribution is 9.10. The molecule has 2 rings (SSSR count). The summed E-state index contributed by atoms with van der Waals surface area (Å²) >= 11 is 4.88. The first-order chi connectivity index (χ1) is 6.03. The van der Waals surface area contributed by atoms with Gasteiger partial charge in [0.25, 0.3) is 0 Å². The Labute approximate surface area is 90.1 Å². The van der Waals surface area contributed by atoms with E-state index in [1.807, 2.05) is 6.92 Å². The second-order valence-electron chi connectivity index (χ2n) is 3.94. The maximum absolute atomic E-state index is 10.3. The first-order valence-electron chi connectivity index (χ1n) is 4.35. The van der Waals surface area contributed by atoms with Crippen LogP contribution in [0.3, 0.4) is 0 Å². The predicted molar refractivity (Wildman–Crippen MR) is 56.7 cm³/mol. The Hall–Kier alpha value is 0.0700. The van der Waals surface area contributed by atoms with E-state index in [4.69, 9.17) is 0 Å². The molecule has 0 saturated heterocycles. The van der Waals surface area contributed by atoms with Crippen LogP contribution in [0.4, 0.5) is 0 Å². The molecule has 1 aromatic rings. The summed E-state index contributed by atoms with van der Waals surface area (Å²) in [5, 5.41) is 10.3. The molecule has 4 heteroatoms. The average molecular weight is 262 g/mol. The van der Waals surface area contributed by atoms with Crippen molar-refractivity contribution in [1.29, 1.82) is 0 Å². The van der Waals surface area contributed by atoms with Crippen molar-refractivity contribution >= 4 is 27.3 Å². The van der Waals surface area contributed by atoms with Crippen molar-refractivity contribution in [3.05, 3.63) is 15.0 Å². The minimum Gasteiger partial charge on any atom is -0.384 e. The number of rotatable bonds is 2. The third-order valence-electron chi connectivity index (χ3n) is 2.82. The lowest BCUT2D eigenvalue weighted by molar-refractivity contribution is 0.0311. The van der Waals surface area contributed by atoms with Gasteiger partial charge in [0.05, 0.1) is 10.4 Å². The van der Waals surface area contributed by atoms with Crippen molar-refractivity contribution < 1.29 is 5.11 Å². The Morgan fingerprint density at radius 2 is 2.38 bits per heavy atom. The molecule has 2 nitrogen and oxygen atoms in total. The topological polar surface area (TPSA) is 33.1 Å². The summed E-state index contributed by atoms with van der Waals surface area (Å²) in [4.78, 5) is 5.05. The number of hydrogen-bond acceptors (Lipinski definition) is 3. The molecule has 0 aromatic carbocycles. The zero-order chi connectivity index (χ0) is 9.64. The van der Waals surface area contributed by atoms with Crippen LogP contribution in [-0.4, -0.2) is 10.1 Å². The highest BCUT2D eigenvalue weighted by Crippen LogP contribution is 2.52. The molecule has 13 heavy (non-hydrogen) atoms. The van der Waals surface area contributed by atoms with Gasteiger partial charge in [-0.1, -0.05) is 6.92 Å². The van der Waals surface area contributed by atoms with E-state index in [-0.39, 0.29) is 0 Å². The molecule has 0 amide bonds. The molecular weight excluding hydrogens is 250 g/mol. The summed E-state index contributed by atoms with van der Waals surface area (Å²) in [7, 11) is 0. The molecule has 72 valence electrons. The van der Waals surface area contributed by atoms with Crippen molar-refractivity contribution in [2.75, 3.05) is 0 Å². The fraction of sp³-hybridized carbons (Fsp3) is 0.667. The summed E-state index contributed by atoms with van der Waals surface area (Å²) < 4.78 is 0.793. The second kappa shape index (κ2) is 3.04. The van der Waals surface area contributed by atoms with Gasteiger partial charge in [-0.25, -0.2) is 4.98 Å². The largest absolute Gasteiger partial charge is 0.384 e. The lowest BCUT2D eigenvalue weighted by Gasteiger charge is -2.21. The summed E-state index contributed by atoms with van der Waals surface area (Å²) in [5.74, 6) is 1.05. The Kier molecular flexibility index (Phi) is 2.25. The summed E-state index contributed by atoms with van der Waals surface area (Å²) in [6, 6.07) is 0. The number of aliphatic hydroxyl groups is 1. The molecule has 0 aliphatic heterocycles. The molecule has 3 atom stereocenters. The van der Waals surface area contributed by atoms with Gasteiger partial charge in [-0.15, -0.1) is 11.3 Å². The smallest absolute Gasteiger partial charge is 0.123 e. The molecule has 1 aliphatic rings. The number of thiazole rings is 1. The molecule has 1 saturated carbocycles. The van der Waals surface area contributed by atoms with E-state index in [2.05, 4.69) is 27.8 Å². The zero-order valence-electron chi connectivity index (χ0n) is 7.62. The third-order valence-corrected chi connectivity index (χ3v) is 4.73. The van der Waals surface area contributed by atoms with Crippen molar-refractivity contribution in [1.82, 2.24) is 4.98 Å². The van der Waals surface area contributed by atoms with Gasteiger partial charge in [-0.3, -0.25) is 0 Å². The minimum absolute atomic E-state index is 0.407. The molecule has 3 unspecified atom stereocenters. The van der Waals surface area contributed by atoms with E-state index in [0.29, 0.717) is 11.8 Å². The van der Waals surface area contributed by atoms with Gasteiger partial charge >= 0.3 is 0 Å². The van der Waals surface area contributed by atoms with Crippen LogP contribution < -0.4 is 0 Å². The van der Waals surface area contributed by atoms with E-state index in [0.717, 1.165) is 15.9 Å². The summed E-state index contributed by atoms with van der Waals surface area (Å²) in [6.45, 7) is 4.06. The lowest BCUT2D eigenvalue weighted by atomic mass is 9.98. The van der Waals surface area contributed by atoms with Gasteiger partial charge in [0.15, 0.2) is 0 Å². The fourth-order valence-electron chi connectivity index (χ4n) is 1.83. The molecule has 0 bridgehead atoms. The van der Waals surface area contributed by atoms with E-state index in [1.54, 1.807) is 5.51 Å². The SMILES string of the molecule is CC1CC1C(C)(O)c1scnc1Br. The van der Waals surface area contributed by atoms with Gasteiger partial charge in [-0.2, -0.15) is 0 Å². The maximum Gasteiger partial charge on any atom is 0.123 e. The number of aromatic nitrogens is 1. The standard InChI is InChI=1S/C9H12BrNOS/c1-5-3-6(5)9(2,12)7-8(10)11-4-13-7/h4-6,12H,3H2,1-2H3. The molecular formula is C9H12BrNOS. The van der Waals surface area contributed by atoms with Gasteiger partial charge in [0.2, 0.25) is 0 Å². The van der Waals surface area contributed by atoms with Gasteiger partial charge in [0.1, 0.15) is 10.2 Å². The monoisotopic (exact) mass is 261 g/mol. The van der Waals surface area contributed by atoms with E-state index in [9.17, 15) is 5.11 Å². The van der Waals surface area contributed by atoms with Crippen LogP contribution in [-0.2, 0) is 5.60 Å². The second-order valence-corrected chi connectivity index (χ2v) is 5.55. The molecule has 1 aromatic heterocycles. The van der Waals surface area contributed by atoms with Crippen LogP contribution in [0, 0.1) is 11.8 Å². The quantitative estimate of drug-likeness (QED) is 0.889. The minimum atomic E-state index is -0.695. The van der Waals surface area contributed by atoms with Crippen molar-refractivity contribution in [2.45, 2.75) is 25.9 Å². The Balaban J connectivity index is 2.29. The first-order valence-corrected chi connectivity index (χ1v) is 6.02. The maximum atomic E-state index is 10.3. The number of halogens is 1. The van der Waals surface area contributed by atoms with Crippen LogP contribution in [0.1, 0.15) is 25.1 Å². The Morgan fingerprint density at radius 3 is 2.77 bits per heavy atom. The lowest BCUT2D eigenvalue weighted by Crippen LogP contribution is -2.23. The third kappa shape index (κ3) is 1.55. The first kappa shape index (κ1) is 9.62. The van der Waals surface area contributed by atoms with E-state index in [1.165, 1.54) is 11.3 Å². The molecule has 1 aliphatic carbocycles. The summed E-state index contributed by atoms with van der Waals surface area (Å²) in [5.41, 5.74) is 1.07. The van der Waals surface area contributed by atoms with Crippen molar-refractivity contribution in [3.8, 4) is 0 Å². The normalized spacial score (nSPS) is 31.4. The number of hydrogen-bond donors (Lipinski definition) is 1. The van der Waals surface area contributed by atoms with Crippen LogP contribution >= 0.6 is 27.3 Å². The van der Waals surface area contributed by atoms with Crippen molar-refractivity contribution in [3.63, 3.8) is 0 Å². The molecule has 1 fully saturated rings. The van der Waals surface area contributed by atoms with Crippen molar-refractivity contribution in [2.24, 2.45) is 11.8 Å². The van der Waals surface area contributed by atoms with Gasteiger partial charge in [0, 0.05) is 0 Å². The molecule has 0 radical (unpaired) electrons. The number of nitrogens with zero attached hydrogens (tertiary/aromatic N) is 1. The average Bonchev–Trinajstić information content (AvgIpc) is 2.60. The highest BCUT2D eigenvalue weighted by Gasteiger charge is 2.49. The van der Waals surface area contributed by atoms with Gasteiger partial charge < -0.3 is 5.11 Å². The summed E-state index contributed by atoms with van der Waals surface area (Å²) in [6.07, 6.45) is 1.12. The van der Waals surface area contributed by atoms with E-state index >= 15 is 0 Å². The molecule has 0 spiro atoms. The zero-order valence-corrected chi connectivity index (χ0v) is 10.0. The molecule has 1 heterocycles. The van der Waals surface area contributed by atoms with E-state index < -0.39 is 5.60 Å². The van der Waals surface area contributed by atoms with Crippen LogP contribution in [0.15, 0.2) is 10.1 Å². The molecule has 1 N–H and O–H groups in total. The predicted octanol–water partition coefficient (Wildman–Crippen LogP) is 2.77.